The van der Waals surface area contributed by atoms with Crippen LogP contribution >= 0.6 is 11.3 Å². The number of aryl methyl sites for hydroxylation is 1. The molecule has 1 atom stereocenters. The lowest BCUT2D eigenvalue weighted by atomic mass is 10.2. The Morgan fingerprint density at radius 2 is 2.18 bits per heavy atom. The number of alkyl halides is 2. The highest BCUT2D eigenvalue weighted by Gasteiger charge is 2.25. The SMILES string of the molecule is Cc1ccsc1C(=O)NC(CC(F)F)C(=O)O. The largest absolute Gasteiger partial charge is 0.480 e. The molecule has 17 heavy (non-hydrogen) atoms. The lowest BCUT2D eigenvalue weighted by Crippen LogP contribution is -2.41. The topological polar surface area (TPSA) is 66.4 Å². The molecule has 0 aliphatic rings. The number of hydrogen-bond donors (Lipinski definition) is 2. The molecule has 0 aromatic carbocycles. The third-order valence-electron chi connectivity index (χ3n) is 2.09. The normalized spacial score (nSPS) is 12.5. The van der Waals surface area contributed by atoms with Gasteiger partial charge in [0, 0.05) is 6.42 Å². The number of rotatable bonds is 5. The molecule has 0 aliphatic carbocycles. The zero-order valence-electron chi connectivity index (χ0n) is 8.94. The number of amides is 1. The summed E-state index contributed by atoms with van der Waals surface area (Å²) < 4.78 is 24.2. The van der Waals surface area contributed by atoms with E-state index in [4.69, 9.17) is 5.11 Å². The third-order valence-corrected chi connectivity index (χ3v) is 3.10. The molecule has 0 bridgehead atoms. The minimum Gasteiger partial charge on any atom is -0.480 e. The first-order valence-electron chi connectivity index (χ1n) is 4.77. The van der Waals surface area contributed by atoms with Crippen molar-refractivity contribution in [1.29, 1.82) is 0 Å². The van der Waals surface area contributed by atoms with Crippen LogP contribution in [0.2, 0.25) is 0 Å². The van der Waals surface area contributed by atoms with Crippen molar-refractivity contribution >= 4 is 23.2 Å². The number of aliphatic carboxylic acids is 1. The molecule has 0 aliphatic heterocycles. The van der Waals surface area contributed by atoms with Crippen LogP contribution in [0, 0.1) is 6.92 Å². The zero-order chi connectivity index (χ0) is 13.0. The number of carbonyl (C=O) groups is 2. The fourth-order valence-electron chi connectivity index (χ4n) is 1.23. The van der Waals surface area contributed by atoms with Crippen LogP contribution in [0.3, 0.4) is 0 Å². The Labute approximate surface area is 100 Å². The molecule has 7 heteroatoms. The highest BCUT2D eigenvalue weighted by atomic mass is 32.1. The van der Waals surface area contributed by atoms with Crippen molar-refractivity contribution in [2.75, 3.05) is 0 Å². The van der Waals surface area contributed by atoms with Crippen LogP contribution in [0.1, 0.15) is 21.7 Å². The van der Waals surface area contributed by atoms with Gasteiger partial charge in [-0.15, -0.1) is 11.3 Å². The maximum absolute atomic E-state index is 12.1. The van der Waals surface area contributed by atoms with E-state index in [1.807, 2.05) is 0 Å². The summed E-state index contributed by atoms with van der Waals surface area (Å²) >= 11 is 1.14. The second-order valence-corrected chi connectivity index (χ2v) is 4.34. The van der Waals surface area contributed by atoms with Crippen molar-refractivity contribution in [1.82, 2.24) is 5.32 Å². The molecule has 1 aromatic rings. The monoisotopic (exact) mass is 263 g/mol. The van der Waals surface area contributed by atoms with Gasteiger partial charge in [-0.2, -0.15) is 0 Å². The summed E-state index contributed by atoms with van der Waals surface area (Å²) in [6.07, 6.45) is -3.67. The second kappa shape index (κ2) is 5.72. The molecule has 1 amide bonds. The summed E-state index contributed by atoms with van der Waals surface area (Å²) in [5.74, 6) is -2.10. The number of thiophene rings is 1. The molecule has 2 N–H and O–H groups in total. The van der Waals surface area contributed by atoms with Gasteiger partial charge in [-0.05, 0) is 23.9 Å². The van der Waals surface area contributed by atoms with Crippen LogP contribution in [0.4, 0.5) is 8.78 Å². The Kier molecular flexibility index (Phi) is 4.56. The van der Waals surface area contributed by atoms with E-state index in [0.717, 1.165) is 11.3 Å². The van der Waals surface area contributed by atoms with Gasteiger partial charge in [-0.3, -0.25) is 4.79 Å². The summed E-state index contributed by atoms with van der Waals surface area (Å²) in [6, 6.07) is 0.131. The van der Waals surface area contributed by atoms with Gasteiger partial charge in [-0.1, -0.05) is 0 Å². The molecule has 0 radical (unpaired) electrons. The Morgan fingerprint density at radius 1 is 1.53 bits per heavy atom. The van der Waals surface area contributed by atoms with E-state index < -0.39 is 30.8 Å². The van der Waals surface area contributed by atoms with Crippen molar-refractivity contribution in [3.63, 3.8) is 0 Å². The number of carboxylic acids is 1. The van der Waals surface area contributed by atoms with Crippen LogP contribution in [-0.2, 0) is 4.79 Å². The summed E-state index contributed by atoms with van der Waals surface area (Å²) in [6.45, 7) is 1.69. The third kappa shape index (κ3) is 3.77. The van der Waals surface area contributed by atoms with Gasteiger partial charge in [-0.25, -0.2) is 13.6 Å². The Hall–Kier alpha value is -1.50. The summed E-state index contributed by atoms with van der Waals surface area (Å²) in [7, 11) is 0. The lowest BCUT2D eigenvalue weighted by Gasteiger charge is -2.13. The van der Waals surface area contributed by atoms with E-state index in [-0.39, 0.29) is 0 Å². The molecule has 0 saturated carbocycles. The molecular formula is C10H11F2NO3S. The maximum Gasteiger partial charge on any atom is 0.326 e. The van der Waals surface area contributed by atoms with Crippen LogP contribution in [0.15, 0.2) is 11.4 Å². The van der Waals surface area contributed by atoms with Gasteiger partial charge in [0.1, 0.15) is 6.04 Å². The molecule has 94 valence electrons. The van der Waals surface area contributed by atoms with Gasteiger partial charge in [0.2, 0.25) is 6.43 Å². The molecule has 0 fully saturated rings. The number of carboxylic acid groups (broad SMARTS) is 1. The lowest BCUT2D eigenvalue weighted by molar-refractivity contribution is -0.140. The van der Waals surface area contributed by atoms with E-state index in [2.05, 4.69) is 5.32 Å². The van der Waals surface area contributed by atoms with Crippen molar-refractivity contribution in [2.45, 2.75) is 25.8 Å². The Bertz CT molecular complexity index is 419. The quantitative estimate of drug-likeness (QED) is 0.852. The average molecular weight is 263 g/mol. The predicted molar refractivity (Wildman–Crippen MR) is 58.6 cm³/mol. The second-order valence-electron chi connectivity index (χ2n) is 3.42. The van der Waals surface area contributed by atoms with Gasteiger partial charge in [0.25, 0.3) is 5.91 Å². The van der Waals surface area contributed by atoms with Gasteiger partial charge in [0.05, 0.1) is 4.88 Å². The zero-order valence-corrected chi connectivity index (χ0v) is 9.76. The maximum atomic E-state index is 12.1. The number of halogens is 2. The minimum absolute atomic E-state index is 0.338. The van der Waals surface area contributed by atoms with Crippen LogP contribution < -0.4 is 5.32 Å². The van der Waals surface area contributed by atoms with Crippen molar-refractivity contribution in [3.8, 4) is 0 Å². The average Bonchev–Trinajstić information content (AvgIpc) is 2.62. The van der Waals surface area contributed by atoms with Gasteiger partial charge in [0.15, 0.2) is 0 Å². The van der Waals surface area contributed by atoms with Crippen LogP contribution in [-0.4, -0.2) is 29.5 Å². The first kappa shape index (κ1) is 13.6. The Morgan fingerprint density at radius 3 is 2.59 bits per heavy atom. The first-order chi connectivity index (χ1) is 7.91. The van der Waals surface area contributed by atoms with Crippen LogP contribution in [0.25, 0.3) is 0 Å². The first-order valence-corrected chi connectivity index (χ1v) is 5.65. The fraction of sp³-hybridized carbons (Fsp3) is 0.400. The molecule has 1 aromatic heterocycles. The molecule has 0 spiro atoms. The van der Waals surface area contributed by atoms with E-state index >= 15 is 0 Å². The molecule has 0 saturated heterocycles. The standard InChI is InChI=1S/C10H11F2NO3S/c1-5-2-3-17-8(5)9(14)13-6(10(15)16)4-7(11)12/h2-3,6-7H,4H2,1H3,(H,13,14)(H,15,16). The van der Waals surface area contributed by atoms with Gasteiger partial charge < -0.3 is 10.4 Å². The number of carbonyl (C=O) groups excluding carboxylic acids is 1. The predicted octanol–water partition coefficient (Wildman–Crippen LogP) is 1.89. The van der Waals surface area contributed by atoms with Crippen molar-refractivity contribution in [3.05, 3.63) is 21.9 Å². The minimum atomic E-state index is -2.78. The van der Waals surface area contributed by atoms with Gasteiger partial charge >= 0.3 is 5.97 Å². The van der Waals surface area contributed by atoms with Crippen molar-refractivity contribution in [2.24, 2.45) is 0 Å². The van der Waals surface area contributed by atoms with Crippen molar-refractivity contribution < 1.29 is 23.5 Å². The van der Waals surface area contributed by atoms with E-state index in [0.29, 0.717) is 10.4 Å². The summed E-state index contributed by atoms with van der Waals surface area (Å²) in [4.78, 5) is 22.6. The molecular weight excluding hydrogens is 252 g/mol. The van der Waals surface area contributed by atoms with Crippen LogP contribution in [0.5, 0.6) is 0 Å². The number of hydrogen-bond acceptors (Lipinski definition) is 3. The molecule has 1 heterocycles. The van der Waals surface area contributed by atoms with E-state index in [1.165, 1.54) is 0 Å². The fourth-order valence-corrected chi connectivity index (χ4v) is 2.06. The molecule has 1 unspecified atom stereocenters. The molecule has 1 rings (SSSR count). The highest BCUT2D eigenvalue weighted by molar-refractivity contribution is 7.12. The smallest absolute Gasteiger partial charge is 0.326 e. The number of nitrogens with one attached hydrogen (secondary N) is 1. The van der Waals surface area contributed by atoms with E-state index in [1.54, 1.807) is 18.4 Å². The summed E-state index contributed by atoms with van der Waals surface area (Å²) in [5, 5.41) is 12.4. The highest BCUT2D eigenvalue weighted by Crippen LogP contribution is 2.16. The molecule has 4 nitrogen and oxygen atoms in total. The Balaban J connectivity index is 2.71. The summed E-state index contributed by atoms with van der Waals surface area (Å²) in [5.41, 5.74) is 0.689. The van der Waals surface area contributed by atoms with E-state index in [9.17, 15) is 18.4 Å².